The number of nitrogens with two attached hydrogens (primary N) is 1. The molecule has 0 radical (unpaired) electrons. The fraction of sp³-hybridized carbons (Fsp3) is 0.385. The summed E-state index contributed by atoms with van der Waals surface area (Å²) in [6.07, 6.45) is 1.65. The summed E-state index contributed by atoms with van der Waals surface area (Å²) in [6, 6.07) is 16.5. The summed E-state index contributed by atoms with van der Waals surface area (Å²) in [5.41, 5.74) is 9.72. The largest absolute Gasteiger partial charge is 0.497 e. The van der Waals surface area contributed by atoms with Crippen LogP contribution in [0.3, 0.4) is 0 Å². The van der Waals surface area contributed by atoms with Crippen LogP contribution in [0.2, 0.25) is 0 Å². The van der Waals surface area contributed by atoms with Crippen LogP contribution in [0.25, 0.3) is 0 Å². The Morgan fingerprint density at radius 1 is 0.571 bits per heavy atom. The van der Waals surface area contributed by atoms with Gasteiger partial charge in [0.15, 0.2) is 11.6 Å². The number of nitrogens with zero attached hydrogens (tertiary/aromatic N) is 6. The Balaban J connectivity index is 1.21. The van der Waals surface area contributed by atoms with E-state index in [9.17, 15) is 0 Å². The molecule has 9 nitrogen and oxygen atoms in total. The van der Waals surface area contributed by atoms with Crippen molar-refractivity contribution in [2.45, 2.75) is 0 Å². The van der Waals surface area contributed by atoms with Crippen molar-refractivity contribution in [2.24, 2.45) is 0 Å². The minimum absolute atomic E-state index is 0.670. The molecule has 2 fully saturated rings. The minimum Gasteiger partial charge on any atom is -0.497 e. The summed E-state index contributed by atoms with van der Waals surface area (Å²) >= 11 is 0. The Kier molecular flexibility index (Phi) is 6.65. The highest BCUT2D eigenvalue weighted by atomic mass is 16.5. The predicted octanol–water partition coefficient (Wildman–Crippen LogP) is 2.73. The van der Waals surface area contributed by atoms with Gasteiger partial charge in [0.25, 0.3) is 0 Å². The standard InChI is InChI=1S/C26H33N7O2/c1-34-22-7-3-20(4-8-22)30-11-15-32(16-12-30)25-24(27)26(29-19-28-25)33-17-13-31(14-18-33)21-5-9-23(35-2)10-6-21/h3-10,19H,11-18,27H2,1-2H3. The molecule has 2 N–H and O–H groups in total. The third-order valence-corrected chi connectivity index (χ3v) is 6.88. The molecule has 184 valence electrons. The molecule has 0 spiro atoms. The first kappa shape index (κ1) is 22.9. The maximum atomic E-state index is 6.64. The van der Waals surface area contributed by atoms with Gasteiger partial charge in [0, 0.05) is 63.7 Å². The molecule has 0 saturated carbocycles. The average Bonchev–Trinajstić information content (AvgIpc) is 2.93. The fourth-order valence-corrected chi connectivity index (χ4v) is 4.82. The Morgan fingerprint density at radius 3 is 1.26 bits per heavy atom. The van der Waals surface area contributed by atoms with Gasteiger partial charge in [-0.3, -0.25) is 0 Å². The molecule has 35 heavy (non-hydrogen) atoms. The molecule has 9 heteroatoms. The number of hydrogen-bond donors (Lipinski definition) is 1. The lowest BCUT2D eigenvalue weighted by Crippen LogP contribution is -2.48. The lowest BCUT2D eigenvalue weighted by atomic mass is 10.2. The zero-order chi connectivity index (χ0) is 24.2. The molecule has 0 atom stereocenters. The Hall–Kier alpha value is -3.88. The van der Waals surface area contributed by atoms with Crippen LogP contribution < -0.4 is 34.8 Å². The van der Waals surface area contributed by atoms with Gasteiger partial charge >= 0.3 is 0 Å². The highest BCUT2D eigenvalue weighted by molar-refractivity contribution is 5.76. The van der Waals surface area contributed by atoms with Crippen LogP contribution in [0.15, 0.2) is 54.9 Å². The van der Waals surface area contributed by atoms with Gasteiger partial charge in [-0.15, -0.1) is 0 Å². The molecule has 5 rings (SSSR count). The SMILES string of the molecule is COc1ccc(N2CCN(c3ncnc(N4CCN(c5ccc(OC)cc5)CC4)c3N)CC2)cc1. The van der Waals surface area contributed by atoms with E-state index in [1.54, 1.807) is 20.5 Å². The van der Waals surface area contributed by atoms with E-state index in [-0.39, 0.29) is 0 Å². The van der Waals surface area contributed by atoms with Gasteiger partial charge in [-0.05, 0) is 48.5 Å². The maximum absolute atomic E-state index is 6.64. The zero-order valence-corrected chi connectivity index (χ0v) is 20.4. The number of benzene rings is 2. The number of anilines is 5. The molecule has 2 aliphatic heterocycles. The topological polar surface area (TPSA) is 83.2 Å². The molecule has 0 aliphatic carbocycles. The van der Waals surface area contributed by atoms with Gasteiger partial charge in [0.2, 0.25) is 0 Å². The molecular weight excluding hydrogens is 442 g/mol. The molecule has 0 bridgehead atoms. The van der Waals surface area contributed by atoms with Crippen molar-refractivity contribution in [1.82, 2.24) is 9.97 Å². The first-order chi connectivity index (χ1) is 17.2. The van der Waals surface area contributed by atoms with Crippen LogP contribution in [-0.2, 0) is 0 Å². The first-order valence-electron chi connectivity index (χ1n) is 12.0. The van der Waals surface area contributed by atoms with Gasteiger partial charge in [0.1, 0.15) is 23.5 Å². The molecule has 0 amide bonds. The lowest BCUT2D eigenvalue weighted by molar-refractivity contribution is 0.414. The number of piperazine rings is 2. The maximum Gasteiger partial charge on any atom is 0.157 e. The smallest absolute Gasteiger partial charge is 0.157 e. The summed E-state index contributed by atoms with van der Waals surface area (Å²) in [7, 11) is 3.38. The Morgan fingerprint density at radius 2 is 0.914 bits per heavy atom. The zero-order valence-electron chi connectivity index (χ0n) is 20.4. The summed E-state index contributed by atoms with van der Waals surface area (Å²) < 4.78 is 10.6. The van der Waals surface area contributed by atoms with E-state index in [0.29, 0.717) is 5.69 Å². The van der Waals surface area contributed by atoms with E-state index in [0.717, 1.165) is 75.5 Å². The van der Waals surface area contributed by atoms with Crippen LogP contribution in [0, 0.1) is 0 Å². The molecule has 2 saturated heterocycles. The van der Waals surface area contributed by atoms with Crippen LogP contribution in [0.1, 0.15) is 0 Å². The molecule has 0 unspecified atom stereocenters. The van der Waals surface area contributed by atoms with E-state index >= 15 is 0 Å². The molecular formula is C26H33N7O2. The van der Waals surface area contributed by atoms with E-state index in [1.165, 1.54) is 11.4 Å². The van der Waals surface area contributed by atoms with E-state index in [4.69, 9.17) is 15.2 Å². The van der Waals surface area contributed by atoms with Crippen molar-refractivity contribution >= 4 is 28.7 Å². The number of aromatic nitrogens is 2. The first-order valence-corrected chi connectivity index (χ1v) is 12.0. The van der Waals surface area contributed by atoms with Crippen LogP contribution >= 0.6 is 0 Å². The summed E-state index contributed by atoms with van der Waals surface area (Å²) in [5.74, 6) is 3.42. The fourth-order valence-electron chi connectivity index (χ4n) is 4.82. The van der Waals surface area contributed by atoms with E-state index in [2.05, 4.69) is 53.8 Å². The minimum atomic E-state index is 0.670. The second-order valence-corrected chi connectivity index (χ2v) is 8.78. The van der Waals surface area contributed by atoms with Crippen molar-refractivity contribution < 1.29 is 9.47 Å². The number of rotatable bonds is 6. The number of ether oxygens (including phenoxy) is 2. The van der Waals surface area contributed by atoms with Crippen molar-refractivity contribution in [3.63, 3.8) is 0 Å². The van der Waals surface area contributed by atoms with Crippen molar-refractivity contribution in [3.05, 3.63) is 54.9 Å². The number of methoxy groups -OCH3 is 2. The third-order valence-electron chi connectivity index (χ3n) is 6.88. The normalized spacial score (nSPS) is 16.4. The van der Waals surface area contributed by atoms with Gasteiger partial charge in [0.05, 0.1) is 14.2 Å². The second kappa shape index (κ2) is 10.2. The molecule has 2 aliphatic rings. The lowest BCUT2D eigenvalue weighted by Gasteiger charge is -2.39. The molecule has 1 aromatic heterocycles. The van der Waals surface area contributed by atoms with Crippen molar-refractivity contribution in [2.75, 3.05) is 91.9 Å². The van der Waals surface area contributed by atoms with Gasteiger partial charge in [-0.2, -0.15) is 0 Å². The van der Waals surface area contributed by atoms with Crippen molar-refractivity contribution in [1.29, 1.82) is 0 Å². The molecule has 3 heterocycles. The summed E-state index contributed by atoms with van der Waals surface area (Å²) in [4.78, 5) is 18.4. The van der Waals surface area contributed by atoms with Crippen LogP contribution in [-0.4, -0.2) is 76.5 Å². The van der Waals surface area contributed by atoms with Crippen molar-refractivity contribution in [3.8, 4) is 11.5 Å². The number of nitrogen functional groups attached to an aromatic ring is 1. The second-order valence-electron chi connectivity index (χ2n) is 8.78. The van der Waals surface area contributed by atoms with Gasteiger partial charge < -0.3 is 34.8 Å². The summed E-state index contributed by atoms with van der Waals surface area (Å²) in [6.45, 7) is 7.07. The highest BCUT2D eigenvalue weighted by Gasteiger charge is 2.25. The quantitative estimate of drug-likeness (QED) is 0.579. The monoisotopic (exact) mass is 475 g/mol. The predicted molar refractivity (Wildman–Crippen MR) is 141 cm³/mol. The van der Waals surface area contributed by atoms with E-state index < -0.39 is 0 Å². The summed E-state index contributed by atoms with van der Waals surface area (Å²) in [5, 5.41) is 0. The Labute approximate surface area is 206 Å². The highest BCUT2D eigenvalue weighted by Crippen LogP contribution is 2.31. The van der Waals surface area contributed by atoms with Gasteiger partial charge in [-0.1, -0.05) is 0 Å². The molecule has 3 aromatic rings. The average molecular weight is 476 g/mol. The third kappa shape index (κ3) is 4.84. The molecule has 2 aromatic carbocycles. The van der Waals surface area contributed by atoms with E-state index in [1.807, 2.05) is 24.3 Å². The number of hydrogen-bond acceptors (Lipinski definition) is 9. The van der Waals surface area contributed by atoms with Crippen LogP contribution in [0.5, 0.6) is 11.5 Å². The Bertz CT molecular complexity index is 1020. The van der Waals surface area contributed by atoms with Gasteiger partial charge in [-0.25, -0.2) is 9.97 Å². The van der Waals surface area contributed by atoms with Crippen LogP contribution in [0.4, 0.5) is 28.7 Å².